The summed E-state index contributed by atoms with van der Waals surface area (Å²) in [5, 5.41) is 6.98. The second-order valence-electron chi connectivity index (χ2n) is 6.15. The molecular weight excluding hydrogens is 258 g/mol. The van der Waals surface area contributed by atoms with Gasteiger partial charge in [-0.05, 0) is 36.8 Å². The maximum atomic E-state index is 13.6. The van der Waals surface area contributed by atoms with Crippen molar-refractivity contribution in [1.82, 2.24) is 10.6 Å². The second-order valence-corrected chi connectivity index (χ2v) is 6.15. The topological polar surface area (TPSA) is 24.1 Å². The first kappa shape index (κ1) is 14.0. The third kappa shape index (κ3) is 3.55. The van der Waals surface area contributed by atoms with Gasteiger partial charge in [-0.15, -0.1) is 0 Å². The monoisotopic (exact) mass is 280 g/mol. The summed E-state index contributed by atoms with van der Waals surface area (Å²) in [5.74, 6) is -0.491. The highest BCUT2D eigenvalue weighted by Gasteiger charge is 2.25. The van der Waals surface area contributed by atoms with Crippen LogP contribution in [0.4, 0.5) is 8.78 Å². The minimum absolute atomic E-state index is 0.184. The van der Waals surface area contributed by atoms with Crippen LogP contribution in [0, 0.1) is 17.6 Å². The third-order valence-corrected chi connectivity index (χ3v) is 4.42. The standard InChI is InChI=1S/C16H22F2N2/c17-15-3-1-2-12(16(15)18)8-14-10-19-13(9-20-14)7-6-11-4-5-11/h1-3,11,13-14,19-20H,4-10H2. The number of nitrogens with one attached hydrogen (secondary N) is 2. The predicted octanol–water partition coefficient (Wildman–Crippen LogP) is 2.63. The number of rotatable bonds is 5. The van der Waals surface area contributed by atoms with Gasteiger partial charge in [-0.2, -0.15) is 0 Å². The summed E-state index contributed by atoms with van der Waals surface area (Å²) in [7, 11) is 0. The number of hydrogen-bond acceptors (Lipinski definition) is 2. The van der Waals surface area contributed by atoms with Gasteiger partial charge in [0.1, 0.15) is 0 Å². The van der Waals surface area contributed by atoms with Crippen molar-refractivity contribution in [1.29, 1.82) is 0 Å². The Morgan fingerprint density at radius 1 is 1.00 bits per heavy atom. The molecule has 0 spiro atoms. The Labute approximate surface area is 118 Å². The van der Waals surface area contributed by atoms with Crippen molar-refractivity contribution in [3.05, 3.63) is 35.4 Å². The van der Waals surface area contributed by atoms with Crippen molar-refractivity contribution in [2.75, 3.05) is 13.1 Å². The molecule has 1 aromatic carbocycles. The molecule has 0 radical (unpaired) electrons. The molecule has 0 bridgehead atoms. The molecule has 2 aliphatic rings. The van der Waals surface area contributed by atoms with E-state index in [9.17, 15) is 8.78 Å². The van der Waals surface area contributed by atoms with Gasteiger partial charge in [0.15, 0.2) is 11.6 Å². The van der Waals surface area contributed by atoms with Crippen LogP contribution >= 0.6 is 0 Å². The highest BCUT2D eigenvalue weighted by atomic mass is 19.2. The molecule has 0 aromatic heterocycles. The quantitative estimate of drug-likeness (QED) is 0.866. The average Bonchev–Trinajstić information content (AvgIpc) is 3.27. The van der Waals surface area contributed by atoms with E-state index < -0.39 is 11.6 Å². The molecule has 1 saturated heterocycles. The maximum Gasteiger partial charge on any atom is 0.162 e. The van der Waals surface area contributed by atoms with Crippen LogP contribution in [0.25, 0.3) is 0 Å². The Bertz CT molecular complexity index is 452. The molecule has 0 amide bonds. The van der Waals surface area contributed by atoms with E-state index in [1.165, 1.54) is 31.7 Å². The summed E-state index contributed by atoms with van der Waals surface area (Å²) >= 11 is 0. The molecule has 1 aromatic rings. The fraction of sp³-hybridized carbons (Fsp3) is 0.625. The fourth-order valence-corrected chi connectivity index (χ4v) is 2.93. The first-order valence-corrected chi connectivity index (χ1v) is 7.62. The lowest BCUT2D eigenvalue weighted by atomic mass is 10.0. The van der Waals surface area contributed by atoms with Crippen molar-refractivity contribution in [3.8, 4) is 0 Å². The lowest BCUT2D eigenvalue weighted by Gasteiger charge is -2.31. The van der Waals surface area contributed by atoms with Crippen LogP contribution in [0.3, 0.4) is 0 Å². The molecular formula is C16H22F2N2. The molecule has 2 unspecified atom stereocenters. The number of hydrogen-bond donors (Lipinski definition) is 2. The van der Waals surface area contributed by atoms with E-state index in [-0.39, 0.29) is 6.04 Å². The zero-order chi connectivity index (χ0) is 13.9. The minimum Gasteiger partial charge on any atom is -0.311 e. The number of halogens is 2. The van der Waals surface area contributed by atoms with Crippen LogP contribution in [0.15, 0.2) is 18.2 Å². The van der Waals surface area contributed by atoms with E-state index in [1.807, 2.05) is 0 Å². The van der Waals surface area contributed by atoms with Gasteiger partial charge in [-0.1, -0.05) is 25.0 Å². The van der Waals surface area contributed by atoms with E-state index in [2.05, 4.69) is 10.6 Å². The molecule has 3 rings (SSSR count). The Hall–Kier alpha value is -1.00. The van der Waals surface area contributed by atoms with E-state index in [0.717, 1.165) is 19.0 Å². The Morgan fingerprint density at radius 3 is 2.45 bits per heavy atom. The SMILES string of the molecule is Fc1cccc(CC2CNC(CCC3CC3)CN2)c1F. The molecule has 2 nitrogen and oxygen atoms in total. The van der Waals surface area contributed by atoms with Gasteiger partial charge < -0.3 is 10.6 Å². The summed E-state index contributed by atoms with van der Waals surface area (Å²) in [6.07, 6.45) is 5.89. The molecule has 110 valence electrons. The maximum absolute atomic E-state index is 13.6. The van der Waals surface area contributed by atoms with E-state index >= 15 is 0 Å². The first-order chi connectivity index (χ1) is 9.72. The summed E-state index contributed by atoms with van der Waals surface area (Å²) in [6, 6.07) is 5.12. The molecule has 2 N–H and O–H groups in total. The van der Waals surface area contributed by atoms with Crippen molar-refractivity contribution in [2.24, 2.45) is 5.92 Å². The number of benzene rings is 1. The Balaban J connectivity index is 1.46. The summed E-state index contributed by atoms with van der Waals surface area (Å²) in [5.41, 5.74) is 0.459. The van der Waals surface area contributed by atoms with Gasteiger partial charge in [0, 0.05) is 25.2 Å². The van der Waals surface area contributed by atoms with Crippen LogP contribution < -0.4 is 10.6 Å². The molecule has 1 heterocycles. The zero-order valence-electron chi connectivity index (χ0n) is 11.7. The Morgan fingerprint density at radius 2 is 1.75 bits per heavy atom. The molecule has 4 heteroatoms. The minimum atomic E-state index is -0.756. The molecule has 1 aliphatic carbocycles. The van der Waals surface area contributed by atoms with Crippen molar-refractivity contribution in [3.63, 3.8) is 0 Å². The van der Waals surface area contributed by atoms with Gasteiger partial charge >= 0.3 is 0 Å². The van der Waals surface area contributed by atoms with Crippen molar-refractivity contribution >= 4 is 0 Å². The lowest BCUT2D eigenvalue weighted by Crippen LogP contribution is -2.55. The van der Waals surface area contributed by atoms with E-state index in [1.54, 1.807) is 12.1 Å². The van der Waals surface area contributed by atoms with Crippen LogP contribution in [0.2, 0.25) is 0 Å². The highest BCUT2D eigenvalue weighted by Crippen LogP contribution is 2.33. The smallest absolute Gasteiger partial charge is 0.162 e. The van der Waals surface area contributed by atoms with Crippen molar-refractivity contribution < 1.29 is 8.78 Å². The third-order valence-electron chi connectivity index (χ3n) is 4.42. The molecule has 20 heavy (non-hydrogen) atoms. The average molecular weight is 280 g/mol. The van der Waals surface area contributed by atoms with Crippen molar-refractivity contribution in [2.45, 2.75) is 44.2 Å². The van der Waals surface area contributed by atoms with Crippen LogP contribution in [-0.2, 0) is 6.42 Å². The van der Waals surface area contributed by atoms with Gasteiger partial charge in [0.2, 0.25) is 0 Å². The largest absolute Gasteiger partial charge is 0.311 e. The van der Waals surface area contributed by atoms with E-state index in [0.29, 0.717) is 18.0 Å². The summed E-state index contributed by atoms with van der Waals surface area (Å²) in [6.45, 7) is 1.75. The molecule has 2 fully saturated rings. The van der Waals surface area contributed by atoms with Gasteiger partial charge in [-0.3, -0.25) is 0 Å². The molecule has 1 aliphatic heterocycles. The molecule has 2 atom stereocenters. The second kappa shape index (κ2) is 6.19. The van der Waals surface area contributed by atoms with E-state index in [4.69, 9.17) is 0 Å². The Kier molecular flexibility index (Phi) is 4.32. The fourth-order valence-electron chi connectivity index (χ4n) is 2.93. The van der Waals surface area contributed by atoms with Gasteiger partial charge in [0.05, 0.1) is 0 Å². The number of piperazine rings is 1. The van der Waals surface area contributed by atoms with Gasteiger partial charge in [-0.25, -0.2) is 8.78 Å². The van der Waals surface area contributed by atoms with Crippen LogP contribution in [0.1, 0.15) is 31.2 Å². The first-order valence-electron chi connectivity index (χ1n) is 7.62. The highest BCUT2D eigenvalue weighted by molar-refractivity contribution is 5.20. The zero-order valence-corrected chi connectivity index (χ0v) is 11.7. The molecule has 1 saturated carbocycles. The van der Waals surface area contributed by atoms with Crippen LogP contribution in [0.5, 0.6) is 0 Å². The lowest BCUT2D eigenvalue weighted by molar-refractivity contribution is 0.322. The summed E-state index contributed by atoms with van der Waals surface area (Å²) < 4.78 is 26.8. The van der Waals surface area contributed by atoms with Crippen LogP contribution in [-0.4, -0.2) is 25.2 Å². The van der Waals surface area contributed by atoms with Gasteiger partial charge in [0.25, 0.3) is 0 Å². The summed E-state index contributed by atoms with van der Waals surface area (Å²) in [4.78, 5) is 0. The normalized spacial score (nSPS) is 26.7. The predicted molar refractivity (Wildman–Crippen MR) is 75.6 cm³/mol.